The third-order valence-corrected chi connectivity index (χ3v) is 3.67. The lowest BCUT2D eigenvalue weighted by molar-refractivity contribution is 0.0625. The molecule has 1 amide bonds. The molecule has 2 heterocycles. The number of amides is 1. The number of aromatic nitrogens is 1. The van der Waals surface area contributed by atoms with E-state index in [1.54, 1.807) is 10.3 Å². The summed E-state index contributed by atoms with van der Waals surface area (Å²) in [5.74, 6) is -0.126. The predicted octanol–water partition coefficient (Wildman–Crippen LogP) is 1.49. The van der Waals surface area contributed by atoms with E-state index in [0.29, 0.717) is 23.9 Å². The number of nitrogen functional groups attached to an aromatic ring is 1. The number of thiazole rings is 1. The van der Waals surface area contributed by atoms with Crippen LogP contribution in [0.25, 0.3) is 0 Å². The van der Waals surface area contributed by atoms with Crippen molar-refractivity contribution in [2.45, 2.75) is 19.8 Å². The van der Waals surface area contributed by atoms with Crippen molar-refractivity contribution in [1.82, 2.24) is 9.88 Å². The molecule has 1 atom stereocenters. The van der Waals surface area contributed by atoms with Gasteiger partial charge in [0.15, 0.2) is 5.13 Å². The molecule has 0 aliphatic carbocycles. The lowest BCUT2D eigenvalue weighted by atomic mass is 9.83. The first-order valence-electron chi connectivity index (χ1n) is 5.46. The third kappa shape index (κ3) is 2.39. The van der Waals surface area contributed by atoms with Crippen LogP contribution in [0.5, 0.6) is 0 Å². The summed E-state index contributed by atoms with van der Waals surface area (Å²) in [5.41, 5.74) is 5.46. The molecular formula is C11H14N4OS. The number of piperidine rings is 1. The lowest BCUT2D eigenvalue weighted by Crippen LogP contribution is -2.44. The quantitative estimate of drug-likeness (QED) is 0.818. The Kier molecular flexibility index (Phi) is 3.03. The summed E-state index contributed by atoms with van der Waals surface area (Å²) >= 11 is 1.26. The molecule has 1 aromatic rings. The van der Waals surface area contributed by atoms with Crippen molar-refractivity contribution in [2.75, 3.05) is 18.8 Å². The van der Waals surface area contributed by atoms with E-state index < -0.39 is 5.41 Å². The minimum Gasteiger partial charge on any atom is -0.375 e. The predicted molar refractivity (Wildman–Crippen MR) is 65.4 cm³/mol. The maximum atomic E-state index is 12.1. The van der Waals surface area contributed by atoms with Gasteiger partial charge in [0, 0.05) is 18.5 Å². The molecule has 90 valence electrons. The van der Waals surface area contributed by atoms with E-state index in [2.05, 4.69) is 11.1 Å². The first kappa shape index (κ1) is 11.9. The Hall–Kier alpha value is -1.61. The molecule has 0 saturated carbocycles. The molecule has 2 rings (SSSR count). The van der Waals surface area contributed by atoms with Crippen LogP contribution in [0.3, 0.4) is 0 Å². The number of carbonyl (C=O) groups is 1. The van der Waals surface area contributed by atoms with Gasteiger partial charge in [0.25, 0.3) is 5.91 Å². The molecular weight excluding hydrogens is 236 g/mol. The van der Waals surface area contributed by atoms with Crippen molar-refractivity contribution in [2.24, 2.45) is 5.41 Å². The minimum absolute atomic E-state index is 0.126. The first-order valence-corrected chi connectivity index (χ1v) is 6.33. The van der Waals surface area contributed by atoms with Gasteiger partial charge in [0.05, 0.1) is 11.5 Å². The van der Waals surface area contributed by atoms with Crippen LogP contribution < -0.4 is 5.73 Å². The number of rotatable bonds is 1. The molecule has 2 N–H and O–H groups in total. The summed E-state index contributed by atoms with van der Waals surface area (Å²) in [7, 11) is 0. The summed E-state index contributed by atoms with van der Waals surface area (Å²) in [6.45, 7) is 3.05. The molecule has 1 saturated heterocycles. The Bertz CT molecular complexity index is 478. The van der Waals surface area contributed by atoms with Crippen molar-refractivity contribution in [1.29, 1.82) is 5.26 Å². The number of likely N-dealkylation sites (tertiary alicyclic amines) is 1. The van der Waals surface area contributed by atoms with Gasteiger partial charge < -0.3 is 10.6 Å². The summed E-state index contributed by atoms with van der Waals surface area (Å²) in [6, 6.07) is 2.29. The van der Waals surface area contributed by atoms with Crippen LogP contribution in [0.4, 0.5) is 5.13 Å². The Labute approximate surface area is 104 Å². The maximum Gasteiger partial charge on any atom is 0.273 e. The number of hydrogen-bond acceptors (Lipinski definition) is 5. The van der Waals surface area contributed by atoms with Crippen LogP contribution in [0.2, 0.25) is 0 Å². The van der Waals surface area contributed by atoms with Crippen molar-refractivity contribution in [3.63, 3.8) is 0 Å². The van der Waals surface area contributed by atoms with E-state index in [0.717, 1.165) is 12.8 Å². The normalized spacial score (nSPS) is 24.4. The van der Waals surface area contributed by atoms with Crippen molar-refractivity contribution < 1.29 is 4.79 Å². The fourth-order valence-electron chi connectivity index (χ4n) is 2.05. The SMILES string of the molecule is C[C@]1(C#N)CCCN(C(=O)c2csc(N)n2)C1. The molecule has 0 radical (unpaired) electrons. The molecule has 1 aliphatic rings. The number of nitriles is 1. The molecule has 0 spiro atoms. The van der Waals surface area contributed by atoms with Crippen LogP contribution in [0.15, 0.2) is 5.38 Å². The van der Waals surface area contributed by atoms with E-state index >= 15 is 0 Å². The van der Waals surface area contributed by atoms with Crippen LogP contribution >= 0.6 is 11.3 Å². The van der Waals surface area contributed by atoms with Crippen LogP contribution in [-0.2, 0) is 0 Å². The second-order valence-corrected chi connectivity index (χ2v) is 5.46. The standard InChI is InChI=1S/C11H14N4OS/c1-11(6-12)3-2-4-15(7-11)9(16)8-5-17-10(13)14-8/h5H,2-4,7H2,1H3,(H2,13,14)/t11-/m1/s1. The Morgan fingerprint density at radius 1 is 1.76 bits per heavy atom. The summed E-state index contributed by atoms with van der Waals surface area (Å²) in [5, 5.41) is 11.2. The highest BCUT2D eigenvalue weighted by Crippen LogP contribution is 2.29. The highest BCUT2D eigenvalue weighted by Gasteiger charge is 2.34. The zero-order chi connectivity index (χ0) is 12.5. The van der Waals surface area contributed by atoms with Gasteiger partial charge in [0.2, 0.25) is 0 Å². The Morgan fingerprint density at radius 3 is 3.12 bits per heavy atom. The van der Waals surface area contributed by atoms with Crippen LogP contribution in [0.1, 0.15) is 30.3 Å². The fraction of sp³-hybridized carbons (Fsp3) is 0.545. The largest absolute Gasteiger partial charge is 0.375 e. The fourth-order valence-corrected chi connectivity index (χ4v) is 2.59. The molecule has 1 aliphatic heterocycles. The summed E-state index contributed by atoms with van der Waals surface area (Å²) in [4.78, 5) is 17.8. The molecule has 1 fully saturated rings. The smallest absolute Gasteiger partial charge is 0.273 e. The Morgan fingerprint density at radius 2 is 2.53 bits per heavy atom. The molecule has 0 unspecified atom stereocenters. The number of hydrogen-bond donors (Lipinski definition) is 1. The van der Waals surface area contributed by atoms with Gasteiger partial charge in [0.1, 0.15) is 5.69 Å². The number of anilines is 1. The van der Waals surface area contributed by atoms with Crippen molar-refractivity contribution >= 4 is 22.4 Å². The molecule has 6 heteroatoms. The van der Waals surface area contributed by atoms with E-state index in [4.69, 9.17) is 11.0 Å². The first-order chi connectivity index (χ1) is 8.04. The topological polar surface area (TPSA) is 83.0 Å². The number of nitrogens with two attached hydrogens (primary N) is 1. The molecule has 5 nitrogen and oxygen atoms in total. The highest BCUT2D eigenvalue weighted by atomic mass is 32.1. The van der Waals surface area contributed by atoms with E-state index in [1.807, 2.05) is 6.92 Å². The number of nitrogens with zero attached hydrogens (tertiary/aromatic N) is 3. The average Bonchev–Trinajstić information content (AvgIpc) is 2.75. The van der Waals surface area contributed by atoms with Crippen molar-refractivity contribution in [3.05, 3.63) is 11.1 Å². The molecule has 1 aromatic heterocycles. The van der Waals surface area contributed by atoms with Gasteiger partial charge in [-0.05, 0) is 19.8 Å². The highest BCUT2D eigenvalue weighted by molar-refractivity contribution is 7.13. The minimum atomic E-state index is -0.435. The lowest BCUT2D eigenvalue weighted by Gasteiger charge is -2.35. The molecule has 0 bridgehead atoms. The second kappa shape index (κ2) is 4.34. The van der Waals surface area contributed by atoms with Crippen molar-refractivity contribution in [3.8, 4) is 6.07 Å². The number of carbonyl (C=O) groups excluding carboxylic acids is 1. The van der Waals surface area contributed by atoms with Gasteiger partial charge >= 0.3 is 0 Å². The third-order valence-electron chi connectivity index (χ3n) is 2.99. The summed E-state index contributed by atoms with van der Waals surface area (Å²) < 4.78 is 0. The van der Waals surface area contributed by atoms with Gasteiger partial charge in [-0.1, -0.05) is 0 Å². The van der Waals surface area contributed by atoms with E-state index in [9.17, 15) is 4.79 Å². The molecule has 0 aromatic carbocycles. The zero-order valence-electron chi connectivity index (χ0n) is 9.64. The van der Waals surface area contributed by atoms with Gasteiger partial charge in [-0.25, -0.2) is 4.98 Å². The van der Waals surface area contributed by atoms with Crippen LogP contribution in [-0.4, -0.2) is 28.9 Å². The monoisotopic (exact) mass is 250 g/mol. The van der Waals surface area contributed by atoms with Gasteiger partial charge in [-0.3, -0.25) is 4.79 Å². The molecule has 17 heavy (non-hydrogen) atoms. The Balaban J connectivity index is 2.13. The summed E-state index contributed by atoms with van der Waals surface area (Å²) in [6.07, 6.45) is 1.70. The second-order valence-electron chi connectivity index (χ2n) is 4.57. The zero-order valence-corrected chi connectivity index (χ0v) is 10.5. The van der Waals surface area contributed by atoms with Gasteiger partial charge in [-0.2, -0.15) is 5.26 Å². The maximum absolute atomic E-state index is 12.1. The van der Waals surface area contributed by atoms with E-state index in [1.165, 1.54) is 11.3 Å². The average molecular weight is 250 g/mol. The van der Waals surface area contributed by atoms with E-state index in [-0.39, 0.29) is 5.91 Å². The van der Waals surface area contributed by atoms with Crippen LogP contribution in [0, 0.1) is 16.7 Å². The van der Waals surface area contributed by atoms with Gasteiger partial charge in [-0.15, -0.1) is 11.3 Å².